The van der Waals surface area contributed by atoms with Crippen LogP contribution in [0.25, 0.3) is 0 Å². The fourth-order valence-electron chi connectivity index (χ4n) is 2.30. The summed E-state index contributed by atoms with van der Waals surface area (Å²) in [7, 11) is 0. The molecule has 1 aromatic heterocycles. The molecule has 82 valence electrons. The molecule has 4 heteroatoms. The third kappa shape index (κ3) is 2.16. The molecule has 1 aliphatic heterocycles. The van der Waals surface area contributed by atoms with Gasteiger partial charge in [-0.2, -0.15) is 0 Å². The van der Waals surface area contributed by atoms with Gasteiger partial charge in [0, 0.05) is 30.8 Å². The molecule has 2 heterocycles. The second-order valence-corrected chi connectivity index (χ2v) is 4.32. The van der Waals surface area contributed by atoms with Gasteiger partial charge in [-0.3, -0.25) is 0 Å². The molecule has 4 nitrogen and oxygen atoms in total. The Morgan fingerprint density at radius 3 is 2.33 bits per heavy atom. The largest absolute Gasteiger partial charge is 0.385 e. The van der Waals surface area contributed by atoms with Crippen molar-refractivity contribution in [3.05, 3.63) is 24.3 Å². The molecule has 1 fully saturated rings. The molecular weight excluding hydrogens is 192 g/mol. The van der Waals surface area contributed by atoms with E-state index in [4.69, 9.17) is 4.74 Å². The second-order valence-electron chi connectivity index (χ2n) is 4.32. The monoisotopic (exact) mass is 208 g/mol. The van der Waals surface area contributed by atoms with Gasteiger partial charge in [0.05, 0.1) is 17.8 Å². The zero-order valence-corrected chi connectivity index (χ0v) is 9.05. The minimum Gasteiger partial charge on any atom is -0.385 e. The highest BCUT2D eigenvalue weighted by atomic mass is 16.5. The summed E-state index contributed by atoms with van der Waals surface area (Å²) in [5.41, 5.74) is -0.0507. The molecule has 1 aliphatic rings. The van der Waals surface area contributed by atoms with Crippen LogP contribution in [-0.4, -0.2) is 27.3 Å². The van der Waals surface area contributed by atoms with E-state index in [0.29, 0.717) is 12.8 Å². The third-order valence-corrected chi connectivity index (χ3v) is 2.81. The van der Waals surface area contributed by atoms with Crippen LogP contribution in [0, 0.1) is 0 Å². The van der Waals surface area contributed by atoms with Crippen LogP contribution >= 0.6 is 0 Å². The second kappa shape index (κ2) is 3.87. The lowest BCUT2D eigenvalue weighted by atomic mass is 9.83. The minimum absolute atomic E-state index is 0.0685. The van der Waals surface area contributed by atoms with Gasteiger partial charge in [0.2, 0.25) is 0 Å². The topological polar surface area (TPSA) is 55.2 Å². The summed E-state index contributed by atoms with van der Waals surface area (Å²) in [6.07, 6.45) is 6.17. The van der Waals surface area contributed by atoms with Crippen molar-refractivity contribution in [1.82, 2.24) is 9.97 Å². The Hall–Kier alpha value is -1.00. The number of nitrogens with zero attached hydrogens (tertiary/aromatic N) is 2. The maximum absolute atomic E-state index is 10.5. The Morgan fingerprint density at radius 2 is 1.80 bits per heavy atom. The van der Waals surface area contributed by atoms with Crippen molar-refractivity contribution >= 4 is 0 Å². The van der Waals surface area contributed by atoms with Gasteiger partial charge in [-0.15, -0.1) is 0 Å². The zero-order chi connectivity index (χ0) is 10.9. The van der Waals surface area contributed by atoms with Gasteiger partial charge in [0.15, 0.2) is 0 Å². The fraction of sp³-hybridized carbons (Fsp3) is 0.636. The van der Waals surface area contributed by atoms with Crippen molar-refractivity contribution < 1.29 is 9.84 Å². The van der Waals surface area contributed by atoms with Crippen molar-refractivity contribution in [2.75, 3.05) is 0 Å². The summed E-state index contributed by atoms with van der Waals surface area (Å²) < 4.78 is 5.60. The zero-order valence-electron chi connectivity index (χ0n) is 9.05. The Labute approximate surface area is 89.3 Å². The smallest absolute Gasteiger partial charge is 0.115 e. The number of ether oxygens (including phenoxy) is 1. The van der Waals surface area contributed by atoms with Gasteiger partial charge in [0.1, 0.15) is 6.33 Å². The molecule has 2 unspecified atom stereocenters. The highest BCUT2D eigenvalue weighted by Gasteiger charge is 2.38. The average Bonchev–Trinajstić information content (AvgIpc) is 2.17. The van der Waals surface area contributed by atoms with Crippen LogP contribution in [0.15, 0.2) is 18.7 Å². The Morgan fingerprint density at radius 1 is 1.27 bits per heavy atom. The van der Waals surface area contributed by atoms with Crippen LogP contribution < -0.4 is 0 Å². The molecule has 0 radical (unpaired) electrons. The first-order valence-electron chi connectivity index (χ1n) is 5.23. The molecule has 2 rings (SSSR count). The highest BCUT2D eigenvalue weighted by molar-refractivity contribution is 5.15. The quantitative estimate of drug-likeness (QED) is 0.754. The van der Waals surface area contributed by atoms with E-state index in [1.165, 1.54) is 6.33 Å². The number of aromatic nitrogens is 2. The Balaban J connectivity index is 2.26. The standard InChI is InChI=1S/C11H16N2O2/c1-8-3-11(14,4-9(2)15-8)10-5-12-7-13-6-10/h5-9,14H,3-4H2,1-2H3. The minimum atomic E-state index is -0.835. The number of hydrogen-bond acceptors (Lipinski definition) is 4. The maximum Gasteiger partial charge on any atom is 0.115 e. The van der Waals surface area contributed by atoms with Gasteiger partial charge in [-0.1, -0.05) is 0 Å². The van der Waals surface area contributed by atoms with Crippen LogP contribution in [0.2, 0.25) is 0 Å². The summed E-state index contributed by atoms with van der Waals surface area (Å²) in [4.78, 5) is 7.89. The predicted molar refractivity (Wildman–Crippen MR) is 55.2 cm³/mol. The van der Waals surface area contributed by atoms with Crippen LogP contribution in [0.4, 0.5) is 0 Å². The molecule has 0 aliphatic carbocycles. The van der Waals surface area contributed by atoms with E-state index in [0.717, 1.165) is 5.56 Å². The van der Waals surface area contributed by atoms with E-state index in [9.17, 15) is 5.11 Å². The first-order chi connectivity index (χ1) is 7.10. The molecule has 0 saturated carbocycles. The van der Waals surface area contributed by atoms with Crippen molar-refractivity contribution in [2.24, 2.45) is 0 Å². The van der Waals surface area contributed by atoms with Crippen LogP contribution in [-0.2, 0) is 10.3 Å². The molecule has 15 heavy (non-hydrogen) atoms. The number of rotatable bonds is 1. The van der Waals surface area contributed by atoms with Crippen LogP contribution in [0.1, 0.15) is 32.3 Å². The maximum atomic E-state index is 10.5. The van der Waals surface area contributed by atoms with Crippen molar-refractivity contribution in [2.45, 2.75) is 44.5 Å². The molecule has 0 amide bonds. The van der Waals surface area contributed by atoms with Gasteiger partial charge in [0.25, 0.3) is 0 Å². The van der Waals surface area contributed by atoms with E-state index in [1.807, 2.05) is 13.8 Å². The lowest BCUT2D eigenvalue weighted by Gasteiger charge is -2.39. The van der Waals surface area contributed by atoms with Gasteiger partial charge in [-0.25, -0.2) is 9.97 Å². The molecule has 1 saturated heterocycles. The summed E-state index contributed by atoms with van der Waals surface area (Å²) in [6, 6.07) is 0. The first-order valence-corrected chi connectivity index (χ1v) is 5.23. The van der Waals surface area contributed by atoms with Gasteiger partial charge < -0.3 is 9.84 Å². The summed E-state index contributed by atoms with van der Waals surface area (Å²) in [6.45, 7) is 3.95. The molecule has 2 atom stereocenters. The first kappa shape index (κ1) is 10.5. The lowest BCUT2D eigenvalue weighted by molar-refractivity contribution is -0.136. The molecule has 1 aromatic rings. The Kier molecular flexibility index (Phi) is 2.71. The van der Waals surface area contributed by atoms with Crippen molar-refractivity contribution in [3.63, 3.8) is 0 Å². The summed E-state index contributed by atoms with van der Waals surface area (Å²) >= 11 is 0. The van der Waals surface area contributed by atoms with Gasteiger partial charge >= 0.3 is 0 Å². The number of hydrogen-bond donors (Lipinski definition) is 1. The highest BCUT2D eigenvalue weighted by Crippen LogP contribution is 2.36. The average molecular weight is 208 g/mol. The van der Waals surface area contributed by atoms with E-state index in [2.05, 4.69) is 9.97 Å². The molecule has 1 N–H and O–H groups in total. The van der Waals surface area contributed by atoms with Crippen molar-refractivity contribution in [3.8, 4) is 0 Å². The van der Waals surface area contributed by atoms with Crippen molar-refractivity contribution in [1.29, 1.82) is 0 Å². The van der Waals surface area contributed by atoms with E-state index in [1.54, 1.807) is 12.4 Å². The lowest BCUT2D eigenvalue weighted by Crippen LogP contribution is -2.41. The molecule has 0 bridgehead atoms. The van der Waals surface area contributed by atoms with Crippen LogP contribution in [0.3, 0.4) is 0 Å². The summed E-state index contributed by atoms with van der Waals surface area (Å²) in [5.74, 6) is 0. The third-order valence-electron chi connectivity index (χ3n) is 2.81. The molecule has 0 aromatic carbocycles. The van der Waals surface area contributed by atoms with Gasteiger partial charge in [-0.05, 0) is 13.8 Å². The normalized spacial score (nSPS) is 36.5. The van der Waals surface area contributed by atoms with Crippen LogP contribution in [0.5, 0.6) is 0 Å². The SMILES string of the molecule is CC1CC(O)(c2cncnc2)CC(C)O1. The van der Waals surface area contributed by atoms with E-state index >= 15 is 0 Å². The summed E-state index contributed by atoms with van der Waals surface area (Å²) in [5, 5.41) is 10.5. The Bertz CT molecular complexity index is 319. The predicted octanol–water partition coefficient (Wildman–Crippen LogP) is 1.25. The number of aliphatic hydroxyl groups is 1. The molecule has 0 spiro atoms. The fourth-order valence-corrected chi connectivity index (χ4v) is 2.30. The van der Waals surface area contributed by atoms with E-state index < -0.39 is 5.60 Å². The van der Waals surface area contributed by atoms with E-state index in [-0.39, 0.29) is 12.2 Å². The molecular formula is C11H16N2O2.